The van der Waals surface area contributed by atoms with Crippen LogP contribution in [0.4, 0.5) is 0 Å². The van der Waals surface area contributed by atoms with Gasteiger partial charge in [0.25, 0.3) is 0 Å². The summed E-state index contributed by atoms with van der Waals surface area (Å²) in [5.41, 5.74) is 0. The van der Waals surface area contributed by atoms with E-state index < -0.39 is 11.4 Å². The van der Waals surface area contributed by atoms with E-state index in [1.165, 1.54) is 0 Å². The second-order valence-corrected chi connectivity index (χ2v) is 3.71. The van der Waals surface area contributed by atoms with Gasteiger partial charge in [0, 0.05) is 6.54 Å². The Balaban J connectivity index is 2.29. The molecule has 72 valence electrons. The molecule has 0 aromatic carbocycles. The van der Waals surface area contributed by atoms with Crippen LogP contribution in [0, 0.1) is 5.92 Å². The molecule has 0 amide bonds. The maximum atomic E-state index is 10.2. The van der Waals surface area contributed by atoms with Crippen molar-refractivity contribution in [1.29, 1.82) is 0 Å². The summed E-state index contributed by atoms with van der Waals surface area (Å²) in [6.07, 6.45) is 1.95. The Bertz CT molecular complexity index is 159. The first-order chi connectivity index (χ1) is 5.70. The third kappa shape index (κ3) is 3.18. The largest absolute Gasteiger partial charge is 0.750 e. The monoisotopic (exact) mass is 192 g/mol. The first-order valence-electron chi connectivity index (χ1n) is 4.17. The fourth-order valence-electron chi connectivity index (χ4n) is 1.48. The van der Waals surface area contributed by atoms with Crippen molar-refractivity contribution in [3.8, 4) is 0 Å². The Labute approximate surface area is 75.2 Å². The molecule has 1 rings (SSSR count). The molecule has 1 aliphatic heterocycles. The van der Waals surface area contributed by atoms with Gasteiger partial charge >= 0.3 is 0 Å². The molecular weight excluding hydrogens is 178 g/mol. The summed E-state index contributed by atoms with van der Waals surface area (Å²) in [7, 11) is 0. The highest BCUT2D eigenvalue weighted by atomic mass is 32.2. The first-order valence-corrected chi connectivity index (χ1v) is 5.17. The topological polar surface area (TPSA) is 61.4 Å². The summed E-state index contributed by atoms with van der Waals surface area (Å²) in [6, 6.07) is 0. The van der Waals surface area contributed by atoms with Gasteiger partial charge in [0.05, 0.1) is 17.5 Å². The lowest BCUT2D eigenvalue weighted by atomic mass is 9.95. The van der Waals surface area contributed by atoms with E-state index in [9.17, 15) is 8.76 Å². The number of piperidine rings is 1. The van der Waals surface area contributed by atoms with E-state index in [2.05, 4.69) is 9.50 Å². The van der Waals surface area contributed by atoms with Gasteiger partial charge < -0.3 is 9.87 Å². The van der Waals surface area contributed by atoms with Gasteiger partial charge in [-0.1, -0.05) is 0 Å². The predicted octanol–water partition coefficient (Wildman–Crippen LogP) is 0.185. The highest BCUT2D eigenvalue weighted by molar-refractivity contribution is 7.74. The SMILES string of the molecule is CC(OS(=O)[O-])C1CCCNC1. The van der Waals surface area contributed by atoms with E-state index in [0.717, 1.165) is 25.9 Å². The van der Waals surface area contributed by atoms with Gasteiger partial charge in [0.15, 0.2) is 0 Å². The second-order valence-electron chi connectivity index (χ2n) is 3.11. The van der Waals surface area contributed by atoms with Crippen LogP contribution in [-0.4, -0.2) is 28.0 Å². The van der Waals surface area contributed by atoms with Crippen LogP contribution in [0.2, 0.25) is 0 Å². The number of hydrogen-bond donors (Lipinski definition) is 1. The Morgan fingerprint density at radius 3 is 3.00 bits per heavy atom. The van der Waals surface area contributed by atoms with E-state index in [-0.39, 0.29) is 6.10 Å². The lowest BCUT2D eigenvalue weighted by molar-refractivity contribution is 0.133. The number of nitrogens with one attached hydrogen (secondary N) is 1. The second kappa shape index (κ2) is 4.91. The van der Waals surface area contributed by atoms with Crippen LogP contribution in [0.3, 0.4) is 0 Å². The van der Waals surface area contributed by atoms with E-state index in [0.29, 0.717) is 5.92 Å². The summed E-state index contributed by atoms with van der Waals surface area (Å²) in [5, 5.41) is 3.21. The zero-order valence-electron chi connectivity index (χ0n) is 7.12. The minimum atomic E-state index is -2.38. The molecule has 0 aromatic heterocycles. The van der Waals surface area contributed by atoms with Gasteiger partial charge in [-0.25, -0.2) is 4.21 Å². The Morgan fingerprint density at radius 1 is 1.75 bits per heavy atom. The molecule has 0 radical (unpaired) electrons. The molecule has 5 heteroatoms. The van der Waals surface area contributed by atoms with Crippen molar-refractivity contribution in [2.45, 2.75) is 25.9 Å². The number of rotatable bonds is 3. The van der Waals surface area contributed by atoms with Crippen LogP contribution in [0.25, 0.3) is 0 Å². The van der Waals surface area contributed by atoms with Crippen molar-refractivity contribution in [2.75, 3.05) is 13.1 Å². The van der Waals surface area contributed by atoms with Gasteiger partial charge in [-0.2, -0.15) is 0 Å². The number of hydrogen-bond acceptors (Lipinski definition) is 4. The standard InChI is InChI=1S/C7H15NO3S/c1-6(11-12(9)10)7-3-2-4-8-5-7/h6-8H,2-5H2,1H3,(H,9,10)/p-1. The van der Waals surface area contributed by atoms with Crippen molar-refractivity contribution in [1.82, 2.24) is 5.32 Å². The van der Waals surface area contributed by atoms with Gasteiger partial charge in [0.2, 0.25) is 0 Å². The Kier molecular flexibility index (Phi) is 4.14. The molecule has 1 aliphatic rings. The van der Waals surface area contributed by atoms with Crippen molar-refractivity contribution in [3.63, 3.8) is 0 Å². The third-order valence-corrected chi connectivity index (χ3v) is 2.69. The van der Waals surface area contributed by atoms with Gasteiger partial charge in [-0.15, -0.1) is 0 Å². The predicted molar refractivity (Wildman–Crippen MR) is 45.1 cm³/mol. The third-order valence-electron chi connectivity index (χ3n) is 2.23. The molecule has 1 heterocycles. The molecule has 0 spiro atoms. The zero-order valence-corrected chi connectivity index (χ0v) is 7.93. The molecule has 0 aromatic rings. The maximum Gasteiger partial charge on any atom is 0.0844 e. The summed E-state index contributed by atoms with van der Waals surface area (Å²) in [5.74, 6) is 0.330. The quantitative estimate of drug-likeness (QED) is 0.648. The molecular formula is C7H14NO3S-. The lowest BCUT2D eigenvalue weighted by Gasteiger charge is -2.28. The molecule has 0 bridgehead atoms. The first kappa shape index (κ1) is 10.1. The van der Waals surface area contributed by atoms with Gasteiger partial charge in [-0.05, 0) is 32.2 Å². The summed E-state index contributed by atoms with van der Waals surface area (Å²) in [4.78, 5) is 0. The highest BCUT2D eigenvalue weighted by Gasteiger charge is 2.20. The van der Waals surface area contributed by atoms with Crippen LogP contribution in [0.15, 0.2) is 0 Å². The highest BCUT2D eigenvalue weighted by Crippen LogP contribution is 2.16. The van der Waals surface area contributed by atoms with E-state index in [4.69, 9.17) is 0 Å². The van der Waals surface area contributed by atoms with Crippen molar-refractivity contribution >= 4 is 11.4 Å². The summed E-state index contributed by atoms with van der Waals surface area (Å²) >= 11 is -2.38. The molecule has 4 nitrogen and oxygen atoms in total. The lowest BCUT2D eigenvalue weighted by Crippen LogP contribution is -2.36. The van der Waals surface area contributed by atoms with E-state index >= 15 is 0 Å². The van der Waals surface area contributed by atoms with Crippen LogP contribution < -0.4 is 5.32 Å². The molecule has 12 heavy (non-hydrogen) atoms. The summed E-state index contributed by atoms with van der Waals surface area (Å²) < 4.78 is 25.1. The molecule has 0 saturated carbocycles. The van der Waals surface area contributed by atoms with Crippen molar-refractivity contribution in [3.05, 3.63) is 0 Å². The smallest absolute Gasteiger partial charge is 0.0844 e. The maximum absolute atomic E-state index is 10.2. The van der Waals surface area contributed by atoms with Gasteiger partial charge in [0.1, 0.15) is 0 Å². The normalized spacial score (nSPS) is 29.7. The van der Waals surface area contributed by atoms with Crippen LogP contribution in [0.5, 0.6) is 0 Å². The van der Waals surface area contributed by atoms with Gasteiger partial charge in [-0.3, -0.25) is 4.18 Å². The van der Waals surface area contributed by atoms with Crippen LogP contribution in [0.1, 0.15) is 19.8 Å². The Morgan fingerprint density at radius 2 is 2.50 bits per heavy atom. The Hall–Kier alpha value is 0.0300. The zero-order chi connectivity index (χ0) is 8.97. The molecule has 3 atom stereocenters. The van der Waals surface area contributed by atoms with E-state index in [1.807, 2.05) is 0 Å². The average Bonchev–Trinajstić information content (AvgIpc) is 2.05. The van der Waals surface area contributed by atoms with E-state index in [1.54, 1.807) is 6.92 Å². The minimum Gasteiger partial charge on any atom is -0.750 e. The van der Waals surface area contributed by atoms with Crippen molar-refractivity contribution < 1.29 is 12.9 Å². The summed E-state index contributed by atoms with van der Waals surface area (Å²) in [6.45, 7) is 3.69. The molecule has 0 aliphatic carbocycles. The molecule has 1 N–H and O–H groups in total. The van der Waals surface area contributed by atoms with Crippen LogP contribution in [-0.2, 0) is 15.5 Å². The molecule has 3 unspecified atom stereocenters. The fourth-order valence-corrected chi connectivity index (χ4v) is 1.89. The fraction of sp³-hybridized carbons (Fsp3) is 1.00. The molecule has 1 fully saturated rings. The average molecular weight is 192 g/mol. The minimum absolute atomic E-state index is 0.198. The molecule has 1 saturated heterocycles. The van der Waals surface area contributed by atoms with Crippen LogP contribution >= 0.6 is 0 Å². The van der Waals surface area contributed by atoms with Crippen molar-refractivity contribution in [2.24, 2.45) is 5.92 Å².